The van der Waals surface area contributed by atoms with Crippen molar-refractivity contribution >= 4 is 0 Å². The minimum absolute atomic E-state index is 1.16. The highest BCUT2D eigenvalue weighted by atomic mass is 15.1. The Balaban J connectivity index is 2.04. The van der Waals surface area contributed by atoms with Crippen LogP contribution in [-0.4, -0.2) is 4.57 Å². The third-order valence-corrected chi connectivity index (χ3v) is 4.72. The maximum Gasteiger partial charge on any atom is 0.244 e. The van der Waals surface area contributed by atoms with Crippen molar-refractivity contribution in [2.45, 2.75) is 13.8 Å². The molecule has 0 saturated heterocycles. The molecule has 0 unspecified atom stereocenters. The van der Waals surface area contributed by atoms with Crippen LogP contribution in [0, 0.1) is 20.2 Å². The van der Waals surface area contributed by atoms with E-state index in [-0.39, 0.29) is 0 Å². The lowest BCUT2D eigenvalue weighted by molar-refractivity contribution is -0.664. The third kappa shape index (κ3) is 2.84. The Kier molecular flexibility index (Phi) is 4.18. The molecule has 26 heavy (non-hydrogen) atoms. The van der Waals surface area contributed by atoms with Gasteiger partial charge >= 0.3 is 0 Å². The standard InChI is InChI=1S/C24H22N2/c1-18-14-15-22(19(2)16-18)26-17-25(3)23(20-10-6-4-7-11-20)24(26)21-12-8-5-9-13-21/h4-16H,1-3H3. The Morgan fingerprint density at radius 3 is 2.00 bits per heavy atom. The van der Waals surface area contributed by atoms with Gasteiger partial charge in [-0.3, -0.25) is 0 Å². The number of rotatable bonds is 3. The van der Waals surface area contributed by atoms with Crippen LogP contribution in [0.15, 0.2) is 78.9 Å². The summed E-state index contributed by atoms with van der Waals surface area (Å²) in [6.07, 6.45) is 3.52. The summed E-state index contributed by atoms with van der Waals surface area (Å²) in [7, 11) is 2.06. The lowest BCUT2D eigenvalue weighted by Gasteiger charge is -2.15. The van der Waals surface area contributed by atoms with E-state index in [2.05, 4.69) is 115 Å². The third-order valence-electron chi connectivity index (χ3n) is 4.72. The first-order valence-corrected chi connectivity index (χ1v) is 8.87. The zero-order chi connectivity index (χ0) is 18.1. The monoisotopic (exact) mass is 338 g/mol. The normalized spacial score (nSPS) is 10.9. The quantitative estimate of drug-likeness (QED) is 0.365. The van der Waals surface area contributed by atoms with Gasteiger partial charge in [0, 0.05) is 0 Å². The van der Waals surface area contributed by atoms with Crippen LogP contribution in [0.25, 0.3) is 28.2 Å². The largest absolute Gasteiger partial charge is 0.318 e. The van der Waals surface area contributed by atoms with Crippen LogP contribution in [0.5, 0.6) is 0 Å². The van der Waals surface area contributed by atoms with E-state index in [0.717, 1.165) is 17.1 Å². The molecule has 0 saturated carbocycles. The van der Waals surface area contributed by atoms with E-state index in [1.807, 2.05) is 0 Å². The zero-order valence-corrected chi connectivity index (χ0v) is 15.4. The molecule has 1 heterocycles. The second kappa shape index (κ2) is 6.64. The summed E-state index contributed by atoms with van der Waals surface area (Å²) in [6.45, 7) is 4.29. The van der Waals surface area contributed by atoms with Crippen molar-refractivity contribution in [1.29, 1.82) is 0 Å². The van der Waals surface area contributed by atoms with Gasteiger partial charge in [-0.15, -0.1) is 0 Å². The first-order valence-electron chi connectivity index (χ1n) is 8.87. The lowest BCUT2D eigenvalue weighted by atomic mass is 10.0. The molecule has 0 aliphatic heterocycles. The molecule has 4 aromatic rings. The summed E-state index contributed by atoms with van der Waals surface area (Å²) in [5.74, 6) is 0. The van der Waals surface area contributed by atoms with E-state index in [4.69, 9.17) is 0 Å². The summed E-state index contributed by atoms with van der Waals surface area (Å²) < 4.78 is 4.28. The Morgan fingerprint density at radius 1 is 0.769 bits per heavy atom. The summed E-state index contributed by atoms with van der Waals surface area (Å²) >= 11 is 0. The molecule has 2 heteroatoms. The fourth-order valence-electron chi connectivity index (χ4n) is 3.53. The van der Waals surface area contributed by atoms with Crippen LogP contribution in [-0.2, 0) is 7.05 Å². The van der Waals surface area contributed by atoms with Crippen molar-refractivity contribution in [3.05, 3.63) is 96.3 Å². The van der Waals surface area contributed by atoms with Gasteiger partial charge in [0.25, 0.3) is 0 Å². The van der Waals surface area contributed by atoms with Crippen LogP contribution in [0.1, 0.15) is 11.1 Å². The maximum absolute atomic E-state index is 3.52. The molecule has 2 nitrogen and oxygen atoms in total. The molecule has 0 aliphatic carbocycles. The van der Waals surface area contributed by atoms with Crippen molar-refractivity contribution in [2.24, 2.45) is 7.05 Å². The molecule has 0 fully saturated rings. The van der Waals surface area contributed by atoms with Crippen molar-refractivity contribution in [3.63, 3.8) is 0 Å². The number of benzene rings is 3. The van der Waals surface area contributed by atoms with E-state index >= 15 is 0 Å². The molecule has 0 spiro atoms. The summed E-state index contributed by atoms with van der Waals surface area (Å²) in [6, 6.07) is 27.6. The number of imidazole rings is 1. The van der Waals surface area contributed by atoms with E-state index in [0.29, 0.717) is 0 Å². The topological polar surface area (TPSA) is 8.81 Å². The van der Waals surface area contributed by atoms with Crippen molar-refractivity contribution in [2.75, 3.05) is 0 Å². The smallest absolute Gasteiger partial charge is 0.244 e. The first kappa shape index (κ1) is 16.3. The second-order valence-electron chi connectivity index (χ2n) is 6.71. The number of hydrogen-bond acceptors (Lipinski definition) is 0. The van der Waals surface area contributed by atoms with Crippen molar-refractivity contribution in [3.8, 4) is 28.2 Å². The van der Waals surface area contributed by atoms with Gasteiger partial charge in [-0.05, 0) is 30.5 Å². The Morgan fingerprint density at radius 2 is 1.38 bits per heavy atom. The highest BCUT2D eigenvalue weighted by molar-refractivity contribution is 5.78. The molecule has 0 N–H and O–H groups in total. The average Bonchev–Trinajstić information content (AvgIpc) is 3.00. The fourth-order valence-corrected chi connectivity index (χ4v) is 3.53. The van der Waals surface area contributed by atoms with Gasteiger partial charge < -0.3 is 9.13 Å². The maximum atomic E-state index is 3.52. The Bertz CT molecular complexity index is 1040. The molecule has 4 rings (SSSR count). The zero-order valence-electron chi connectivity index (χ0n) is 15.4. The van der Waals surface area contributed by atoms with Crippen LogP contribution in [0.2, 0.25) is 0 Å². The predicted octanol–water partition coefficient (Wildman–Crippen LogP) is 5.05. The SMILES string of the molecule is Cc1ccc(-n2[c-][n+](C)c(-c3ccccc3)c2-c2ccccc2)c(C)c1. The van der Waals surface area contributed by atoms with Gasteiger partial charge in [0.2, 0.25) is 6.33 Å². The molecule has 1 aromatic heterocycles. The highest BCUT2D eigenvalue weighted by Crippen LogP contribution is 2.32. The molecule has 0 aliphatic rings. The molecule has 0 bridgehead atoms. The van der Waals surface area contributed by atoms with Gasteiger partial charge in [0.15, 0.2) is 0 Å². The minimum atomic E-state index is 1.16. The molecule has 0 atom stereocenters. The van der Waals surface area contributed by atoms with E-state index < -0.39 is 0 Å². The second-order valence-corrected chi connectivity index (χ2v) is 6.71. The minimum Gasteiger partial charge on any atom is -0.318 e. The summed E-state index contributed by atoms with van der Waals surface area (Å²) in [5.41, 5.74) is 8.37. The molecule has 0 amide bonds. The van der Waals surface area contributed by atoms with Gasteiger partial charge in [0.1, 0.15) is 0 Å². The number of nitrogens with zero attached hydrogens (tertiary/aromatic N) is 2. The fraction of sp³-hybridized carbons (Fsp3) is 0.125. The average molecular weight is 338 g/mol. The van der Waals surface area contributed by atoms with E-state index in [9.17, 15) is 0 Å². The molecule has 128 valence electrons. The van der Waals surface area contributed by atoms with E-state index in [1.54, 1.807) is 0 Å². The van der Waals surface area contributed by atoms with Crippen LogP contribution in [0.3, 0.4) is 0 Å². The summed E-state index contributed by atoms with van der Waals surface area (Å²) in [5, 5.41) is 0. The number of aryl methyl sites for hydroxylation is 3. The van der Waals surface area contributed by atoms with Gasteiger partial charge in [-0.2, -0.15) is 0 Å². The first-order chi connectivity index (χ1) is 12.6. The van der Waals surface area contributed by atoms with Gasteiger partial charge in [-0.1, -0.05) is 84.4 Å². The molecule has 3 aromatic carbocycles. The Labute approximate surface area is 155 Å². The van der Waals surface area contributed by atoms with Gasteiger partial charge in [-0.25, -0.2) is 0 Å². The van der Waals surface area contributed by atoms with Crippen LogP contribution >= 0.6 is 0 Å². The van der Waals surface area contributed by atoms with Crippen LogP contribution < -0.4 is 4.57 Å². The van der Waals surface area contributed by atoms with Crippen molar-refractivity contribution < 1.29 is 4.57 Å². The van der Waals surface area contributed by atoms with Crippen molar-refractivity contribution in [1.82, 2.24) is 4.57 Å². The van der Waals surface area contributed by atoms with Gasteiger partial charge in [0.05, 0.1) is 24.1 Å². The van der Waals surface area contributed by atoms with Crippen LogP contribution in [0.4, 0.5) is 0 Å². The Hall–Kier alpha value is -3.13. The molecular formula is C24H22N2. The summed E-state index contributed by atoms with van der Waals surface area (Å²) in [4.78, 5) is 0. The lowest BCUT2D eigenvalue weighted by Crippen LogP contribution is -2.28. The molecular weight excluding hydrogens is 316 g/mol. The highest BCUT2D eigenvalue weighted by Gasteiger charge is 2.18. The molecule has 0 radical (unpaired) electrons. The number of hydrogen-bond donors (Lipinski definition) is 0. The number of aromatic nitrogens is 2. The van der Waals surface area contributed by atoms with E-state index in [1.165, 1.54) is 22.3 Å². The predicted molar refractivity (Wildman–Crippen MR) is 106 cm³/mol.